The zero-order valence-electron chi connectivity index (χ0n) is 11.8. The maximum Gasteiger partial charge on any atom is 0.0480 e. The van der Waals surface area contributed by atoms with Gasteiger partial charge in [-0.05, 0) is 34.6 Å². The van der Waals surface area contributed by atoms with Crippen LogP contribution in [0.2, 0.25) is 0 Å². The molecule has 0 aliphatic heterocycles. The average Bonchev–Trinajstić information content (AvgIpc) is 2.55. The summed E-state index contributed by atoms with van der Waals surface area (Å²) in [7, 11) is 2.13. The molecule has 1 heterocycles. The van der Waals surface area contributed by atoms with Crippen molar-refractivity contribution in [3.05, 3.63) is 35.5 Å². The second kappa shape index (κ2) is 3.90. The third-order valence-electron chi connectivity index (χ3n) is 3.49. The molecule has 2 aromatic rings. The van der Waals surface area contributed by atoms with Gasteiger partial charge in [0.2, 0.25) is 0 Å². The van der Waals surface area contributed by atoms with Crippen LogP contribution in [0.3, 0.4) is 0 Å². The summed E-state index contributed by atoms with van der Waals surface area (Å²) in [5.74, 6) is 0.590. The minimum absolute atomic E-state index is 0.203. The summed E-state index contributed by atoms with van der Waals surface area (Å²) >= 11 is 0. The van der Waals surface area contributed by atoms with Crippen LogP contribution in [0.4, 0.5) is 0 Å². The van der Waals surface area contributed by atoms with Crippen LogP contribution in [0.25, 0.3) is 10.9 Å². The first-order valence-electron chi connectivity index (χ1n) is 6.40. The van der Waals surface area contributed by atoms with Crippen LogP contribution in [0.15, 0.2) is 24.4 Å². The van der Waals surface area contributed by atoms with E-state index in [4.69, 9.17) is 0 Å². The van der Waals surface area contributed by atoms with Crippen LogP contribution >= 0.6 is 0 Å². The van der Waals surface area contributed by atoms with E-state index in [0.717, 1.165) is 0 Å². The summed E-state index contributed by atoms with van der Waals surface area (Å²) in [5, 5.41) is 1.41. The van der Waals surface area contributed by atoms with Crippen molar-refractivity contribution in [2.24, 2.45) is 7.05 Å². The molecule has 0 atom stereocenters. The van der Waals surface area contributed by atoms with Gasteiger partial charge in [0, 0.05) is 24.1 Å². The molecule has 0 aliphatic rings. The summed E-state index contributed by atoms with van der Waals surface area (Å²) in [6.45, 7) is 11.3. The first-order valence-corrected chi connectivity index (χ1v) is 6.40. The van der Waals surface area contributed by atoms with Gasteiger partial charge < -0.3 is 4.57 Å². The van der Waals surface area contributed by atoms with E-state index in [1.54, 1.807) is 0 Å². The monoisotopic (exact) mass is 229 g/mol. The standard InChI is InChI=1S/C16H23N/c1-11(2)12-7-8-15-13(9-12)14(10-17(15)6)16(3,4)5/h7-11H,1-6H3. The van der Waals surface area contributed by atoms with Gasteiger partial charge in [0.1, 0.15) is 0 Å². The number of hydrogen-bond acceptors (Lipinski definition) is 0. The Bertz CT molecular complexity index is 538. The third kappa shape index (κ3) is 2.11. The van der Waals surface area contributed by atoms with Gasteiger partial charge in [-0.2, -0.15) is 0 Å². The molecule has 0 fully saturated rings. The highest BCUT2D eigenvalue weighted by Gasteiger charge is 2.19. The smallest absolute Gasteiger partial charge is 0.0480 e. The van der Waals surface area contributed by atoms with E-state index in [0.29, 0.717) is 5.92 Å². The third-order valence-corrected chi connectivity index (χ3v) is 3.49. The topological polar surface area (TPSA) is 4.93 Å². The lowest BCUT2D eigenvalue weighted by atomic mass is 9.86. The van der Waals surface area contributed by atoms with Crippen LogP contribution in [-0.2, 0) is 12.5 Å². The van der Waals surface area contributed by atoms with Gasteiger partial charge in [0.05, 0.1) is 0 Å². The molecule has 0 radical (unpaired) electrons. The SMILES string of the molecule is CC(C)c1ccc2c(c1)c(C(C)(C)C)cn2C. The second-order valence-electron chi connectivity index (χ2n) is 6.33. The maximum atomic E-state index is 2.36. The van der Waals surface area contributed by atoms with E-state index in [1.165, 1.54) is 22.0 Å². The molecule has 2 rings (SSSR count). The Morgan fingerprint density at radius 3 is 2.29 bits per heavy atom. The molecule has 1 aromatic carbocycles. The first kappa shape index (κ1) is 12.2. The van der Waals surface area contributed by atoms with Crippen LogP contribution in [0.5, 0.6) is 0 Å². The normalized spacial score (nSPS) is 12.6. The number of fused-ring (bicyclic) bond motifs is 1. The van der Waals surface area contributed by atoms with Crippen LogP contribution in [0, 0.1) is 0 Å². The van der Waals surface area contributed by atoms with Crippen molar-refractivity contribution in [1.82, 2.24) is 4.57 Å². The van der Waals surface area contributed by atoms with E-state index in [9.17, 15) is 0 Å². The molecule has 0 amide bonds. The zero-order valence-corrected chi connectivity index (χ0v) is 11.8. The van der Waals surface area contributed by atoms with Crippen LogP contribution in [0.1, 0.15) is 51.7 Å². The molecule has 1 nitrogen and oxygen atoms in total. The van der Waals surface area contributed by atoms with Crippen molar-refractivity contribution >= 4 is 10.9 Å². The number of hydrogen-bond donors (Lipinski definition) is 0. The van der Waals surface area contributed by atoms with Gasteiger partial charge in [0.25, 0.3) is 0 Å². The molecule has 1 heteroatoms. The van der Waals surface area contributed by atoms with Gasteiger partial charge in [-0.3, -0.25) is 0 Å². The summed E-state index contributed by atoms with van der Waals surface area (Å²) in [6, 6.07) is 6.86. The number of aromatic nitrogens is 1. The first-order chi connectivity index (χ1) is 7.80. The molecule has 92 valence electrons. The minimum Gasteiger partial charge on any atom is -0.350 e. The van der Waals surface area contributed by atoms with Crippen molar-refractivity contribution < 1.29 is 0 Å². The molecule has 0 aliphatic carbocycles. The summed E-state index contributed by atoms with van der Waals surface area (Å²) in [4.78, 5) is 0. The lowest BCUT2D eigenvalue weighted by molar-refractivity contribution is 0.593. The average molecular weight is 229 g/mol. The Hall–Kier alpha value is -1.24. The molecule has 1 aromatic heterocycles. The molecular weight excluding hydrogens is 206 g/mol. The van der Waals surface area contributed by atoms with Gasteiger partial charge >= 0.3 is 0 Å². The fourth-order valence-corrected chi connectivity index (χ4v) is 2.37. The zero-order chi connectivity index (χ0) is 12.8. The van der Waals surface area contributed by atoms with Crippen molar-refractivity contribution in [2.45, 2.75) is 46.0 Å². The summed E-state index contributed by atoms with van der Waals surface area (Å²) in [5.41, 5.74) is 4.40. The fourth-order valence-electron chi connectivity index (χ4n) is 2.37. The molecule has 0 N–H and O–H groups in total. The summed E-state index contributed by atoms with van der Waals surface area (Å²) < 4.78 is 2.24. The molecule has 17 heavy (non-hydrogen) atoms. The highest BCUT2D eigenvalue weighted by Crippen LogP contribution is 2.33. The molecule has 0 bridgehead atoms. The maximum absolute atomic E-state index is 2.36. The van der Waals surface area contributed by atoms with Crippen LogP contribution in [-0.4, -0.2) is 4.57 Å². The van der Waals surface area contributed by atoms with E-state index < -0.39 is 0 Å². The van der Waals surface area contributed by atoms with Gasteiger partial charge in [-0.15, -0.1) is 0 Å². The molecular formula is C16H23N. The number of benzene rings is 1. The Morgan fingerprint density at radius 1 is 1.12 bits per heavy atom. The Kier molecular flexibility index (Phi) is 2.81. The van der Waals surface area contributed by atoms with Gasteiger partial charge in [-0.1, -0.05) is 40.7 Å². The largest absolute Gasteiger partial charge is 0.350 e. The van der Waals surface area contributed by atoms with E-state index in [2.05, 4.69) is 70.6 Å². The highest BCUT2D eigenvalue weighted by atomic mass is 14.9. The molecule has 0 unspecified atom stereocenters. The lowest BCUT2D eigenvalue weighted by Gasteiger charge is -2.18. The van der Waals surface area contributed by atoms with E-state index in [1.807, 2.05) is 0 Å². The minimum atomic E-state index is 0.203. The fraction of sp³-hybridized carbons (Fsp3) is 0.500. The Balaban J connectivity index is 2.73. The van der Waals surface area contributed by atoms with Gasteiger partial charge in [0.15, 0.2) is 0 Å². The second-order valence-corrected chi connectivity index (χ2v) is 6.33. The number of rotatable bonds is 1. The predicted molar refractivity (Wildman–Crippen MR) is 75.7 cm³/mol. The predicted octanol–water partition coefficient (Wildman–Crippen LogP) is 4.60. The van der Waals surface area contributed by atoms with Crippen molar-refractivity contribution in [1.29, 1.82) is 0 Å². The lowest BCUT2D eigenvalue weighted by Crippen LogP contribution is -2.10. The van der Waals surface area contributed by atoms with Crippen molar-refractivity contribution in [2.75, 3.05) is 0 Å². The Morgan fingerprint density at radius 2 is 1.76 bits per heavy atom. The quantitative estimate of drug-likeness (QED) is 0.673. The molecule has 0 spiro atoms. The number of nitrogens with zero attached hydrogens (tertiary/aromatic N) is 1. The molecule has 0 saturated heterocycles. The number of aryl methyl sites for hydroxylation is 1. The summed E-state index contributed by atoms with van der Waals surface area (Å²) in [6.07, 6.45) is 2.27. The van der Waals surface area contributed by atoms with E-state index in [-0.39, 0.29) is 5.41 Å². The highest BCUT2D eigenvalue weighted by molar-refractivity contribution is 5.85. The van der Waals surface area contributed by atoms with Crippen molar-refractivity contribution in [3.8, 4) is 0 Å². The van der Waals surface area contributed by atoms with Crippen LogP contribution < -0.4 is 0 Å². The van der Waals surface area contributed by atoms with Crippen molar-refractivity contribution in [3.63, 3.8) is 0 Å². The van der Waals surface area contributed by atoms with Gasteiger partial charge in [-0.25, -0.2) is 0 Å². The Labute approximate surface area is 104 Å². The molecule has 0 saturated carbocycles. The van der Waals surface area contributed by atoms with E-state index >= 15 is 0 Å².